The lowest BCUT2D eigenvalue weighted by molar-refractivity contribution is -0.896. The quantitative estimate of drug-likeness (QED) is 0.0717. The lowest BCUT2D eigenvalue weighted by Crippen LogP contribution is -2.48. The number of H-pyrrole nitrogens is 1. The van der Waals surface area contributed by atoms with Crippen LogP contribution in [-0.4, -0.2) is 78.6 Å². The third kappa shape index (κ3) is 9.40. The van der Waals surface area contributed by atoms with Crippen molar-refractivity contribution in [1.82, 2.24) is 4.98 Å². The third-order valence-electron chi connectivity index (χ3n) is 10.1. The Morgan fingerprint density at radius 1 is 0.982 bits per heavy atom. The molecule has 5 aromatic rings. The first-order valence-corrected chi connectivity index (χ1v) is 18.6. The number of aliphatic hydroxyl groups is 1. The van der Waals surface area contributed by atoms with E-state index in [4.69, 9.17) is 21.1 Å². The van der Waals surface area contributed by atoms with Gasteiger partial charge >= 0.3 is 6.09 Å². The van der Waals surface area contributed by atoms with E-state index in [0.29, 0.717) is 50.8 Å². The number of carbonyl (C=O) groups excluding carboxylic acids is 2. The number of amides is 2. The van der Waals surface area contributed by atoms with Gasteiger partial charge in [0.2, 0.25) is 11.5 Å². The van der Waals surface area contributed by atoms with Gasteiger partial charge in [0.15, 0.2) is 0 Å². The number of phenols is 1. The number of pyridine rings is 1. The molecule has 1 fully saturated rings. The van der Waals surface area contributed by atoms with E-state index < -0.39 is 12.2 Å². The zero-order valence-corrected chi connectivity index (χ0v) is 32.1. The number of aromatic amines is 1. The van der Waals surface area contributed by atoms with Crippen LogP contribution in [0.4, 0.5) is 21.9 Å². The molecule has 0 aliphatic carbocycles. The van der Waals surface area contributed by atoms with Gasteiger partial charge in [0.25, 0.3) is 0 Å². The molecule has 0 spiro atoms. The molecular formula is C42H47ClN5O7+. The summed E-state index contributed by atoms with van der Waals surface area (Å²) in [4.78, 5) is 40.8. The molecular weight excluding hydrogens is 722 g/mol. The van der Waals surface area contributed by atoms with Crippen molar-refractivity contribution in [2.24, 2.45) is 0 Å². The molecule has 0 radical (unpaired) electrons. The Bertz CT molecular complexity index is 2250. The van der Waals surface area contributed by atoms with Crippen LogP contribution in [0.15, 0.2) is 83.7 Å². The molecule has 4 aromatic carbocycles. The highest BCUT2D eigenvalue weighted by molar-refractivity contribution is 6.35. The summed E-state index contributed by atoms with van der Waals surface area (Å²) in [5, 5.41) is 31.2. The number of nitrogens with one attached hydrogen (secondary N) is 4. The summed E-state index contributed by atoms with van der Waals surface area (Å²) >= 11 is 6.77. The van der Waals surface area contributed by atoms with Crippen molar-refractivity contribution < 1.29 is 33.8 Å². The van der Waals surface area contributed by atoms with Crippen molar-refractivity contribution in [2.75, 3.05) is 56.8 Å². The molecule has 12 nitrogen and oxygen atoms in total. The number of hydrogen-bond acceptors (Lipinski definition) is 8. The standard InChI is InChI=1S/C42H46ClN5O7/c1-25-39(43)33(23-36(54-4)40(25)44-24-35(50)30-13-15-34(49)41-31(30)14-17-38(52)47-41)45-37(51)16-11-26-10-12-29(27-8-6-5-7-9-27)32(22-26)46-42(53)55-28-18-20-48(2,3)21-19-28/h5-10,12-15,17,22-23,28,35,44,50H,11,16,18-21,24H2,1-4H3,(H3-,45,46,47,49,51,52,53)/p+1/t35-/m0/s1. The number of quaternary nitrogens is 1. The van der Waals surface area contributed by atoms with Crippen molar-refractivity contribution in [1.29, 1.82) is 0 Å². The number of anilines is 3. The van der Waals surface area contributed by atoms with Gasteiger partial charge in [-0.15, -0.1) is 0 Å². The molecule has 1 aliphatic heterocycles. The number of aryl methyl sites for hydroxylation is 1. The smallest absolute Gasteiger partial charge is 0.411 e. The number of nitrogens with zero attached hydrogens (tertiary/aromatic N) is 1. The molecule has 1 atom stereocenters. The number of aromatic hydroxyl groups is 1. The van der Waals surface area contributed by atoms with E-state index in [-0.39, 0.29) is 41.8 Å². The second-order valence-electron chi connectivity index (χ2n) is 14.5. The van der Waals surface area contributed by atoms with Crippen molar-refractivity contribution in [2.45, 2.75) is 44.8 Å². The molecule has 1 saturated heterocycles. The number of benzene rings is 4. The SMILES string of the molecule is COc1cc(NC(=O)CCc2ccc(-c3ccccc3)c(NC(=O)OC3CC[N+](C)(C)CC3)c2)c(Cl)c(C)c1NC[C@H](O)c1ccc(O)c2[nH]c(=O)ccc12. The van der Waals surface area contributed by atoms with Crippen LogP contribution in [0.5, 0.6) is 11.5 Å². The number of rotatable bonds is 12. The number of methoxy groups -OCH3 is 1. The van der Waals surface area contributed by atoms with Gasteiger partial charge in [-0.25, -0.2) is 4.79 Å². The molecule has 0 bridgehead atoms. The fourth-order valence-electron chi connectivity index (χ4n) is 6.94. The predicted molar refractivity (Wildman–Crippen MR) is 216 cm³/mol. The number of hydrogen-bond donors (Lipinski definition) is 6. The van der Waals surface area contributed by atoms with Gasteiger partial charge in [-0.1, -0.05) is 60.1 Å². The van der Waals surface area contributed by atoms with Crippen LogP contribution in [0.25, 0.3) is 22.0 Å². The first-order valence-electron chi connectivity index (χ1n) is 18.2. The average Bonchev–Trinajstić information content (AvgIpc) is 3.17. The highest BCUT2D eigenvalue weighted by atomic mass is 35.5. The van der Waals surface area contributed by atoms with Crippen molar-refractivity contribution in [3.63, 3.8) is 0 Å². The van der Waals surface area contributed by atoms with Gasteiger partial charge in [-0.3, -0.25) is 14.9 Å². The minimum atomic E-state index is -1.02. The van der Waals surface area contributed by atoms with Crippen molar-refractivity contribution in [3.8, 4) is 22.6 Å². The van der Waals surface area contributed by atoms with Crippen LogP contribution in [0.2, 0.25) is 5.02 Å². The summed E-state index contributed by atoms with van der Waals surface area (Å²) in [6.45, 7) is 3.71. The van der Waals surface area contributed by atoms with E-state index in [9.17, 15) is 24.6 Å². The Morgan fingerprint density at radius 3 is 2.45 bits per heavy atom. The molecule has 6 N–H and O–H groups in total. The maximum atomic E-state index is 13.3. The molecule has 1 aliphatic rings. The number of phenolic OH excluding ortho intramolecular Hbond substituents is 1. The number of ether oxygens (including phenoxy) is 2. The summed E-state index contributed by atoms with van der Waals surface area (Å²) in [5.41, 5.74) is 5.11. The predicted octanol–water partition coefficient (Wildman–Crippen LogP) is 7.38. The number of carbonyl (C=O) groups is 2. The van der Waals surface area contributed by atoms with Crippen LogP contribution >= 0.6 is 11.6 Å². The molecule has 2 heterocycles. The number of fused-ring (bicyclic) bond motifs is 1. The summed E-state index contributed by atoms with van der Waals surface area (Å²) in [5.74, 6) is 0.0349. The van der Waals surface area contributed by atoms with Crippen LogP contribution in [0.3, 0.4) is 0 Å². The minimum Gasteiger partial charge on any atom is -0.506 e. The van der Waals surface area contributed by atoms with Gasteiger partial charge in [0, 0.05) is 48.9 Å². The van der Waals surface area contributed by atoms with Gasteiger partial charge in [0.1, 0.15) is 17.6 Å². The van der Waals surface area contributed by atoms with Crippen LogP contribution in [0, 0.1) is 6.92 Å². The lowest BCUT2D eigenvalue weighted by Gasteiger charge is -2.36. The first-order chi connectivity index (χ1) is 26.3. The van der Waals surface area contributed by atoms with E-state index in [1.807, 2.05) is 48.5 Å². The zero-order chi connectivity index (χ0) is 39.3. The van der Waals surface area contributed by atoms with E-state index in [0.717, 1.165) is 47.1 Å². The summed E-state index contributed by atoms with van der Waals surface area (Å²) in [7, 11) is 5.85. The van der Waals surface area contributed by atoms with E-state index in [1.54, 1.807) is 25.1 Å². The molecule has 55 heavy (non-hydrogen) atoms. The first kappa shape index (κ1) is 39.1. The number of aliphatic hydroxyl groups excluding tert-OH is 1. The van der Waals surface area contributed by atoms with Gasteiger partial charge in [-0.2, -0.15) is 0 Å². The lowest BCUT2D eigenvalue weighted by atomic mass is 9.99. The second kappa shape index (κ2) is 16.8. The topological polar surface area (TPSA) is 162 Å². The number of aromatic nitrogens is 1. The fourth-order valence-corrected chi connectivity index (χ4v) is 7.13. The summed E-state index contributed by atoms with van der Waals surface area (Å²) in [6.07, 6.45) is 0.491. The fraction of sp³-hybridized carbons (Fsp3) is 0.310. The number of likely N-dealkylation sites (tertiary alicyclic amines) is 1. The molecule has 6 rings (SSSR count). The maximum absolute atomic E-state index is 13.3. The Hall–Kier alpha value is -5.56. The van der Waals surface area contributed by atoms with Gasteiger partial charge < -0.3 is 39.8 Å². The Morgan fingerprint density at radius 2 is 1.73 bits per heavy atom. The second-order valence-corrected chi connectivity index (χ2v) is 14.9. The number of halogens is 1. The normalized spacial score (nSPS) is 14.6. The molecule has 2 amide bonds. The monoisotopic (exact) mass is 768 g/mol. The van der Waals surface area contributed by atoms with Crippen molar-refractivity contribution >= 4 is 51.6 Å². The highest BCUT2D eigenvalue weighted by Crippen LogP contribution is 2.40. The van der Waals surface area contributed by atoms with Gasteiger partial charge in [-0.05, 0) is 53.8 Å². The molecule has 0 unspecified atom stereocenters. The maximum Gasteiger partial charge on any atom is 0.411 e. The zero-order valence-electron chi connectivity index (χ0n) is 31.4. The van der Waals surface area contributed by atoms with E-state index >= 15 is 0 Å². The molecule has 0 saturated carbocycles. The van der Waals surface area contributed by atoms with Crippen LogP contribution < -0.4 is 26.2 Å². The van der Waals surface area contributed by atoms with E-state index in [2.05, 4.69) is 35.0 Å². The Balaban J connectivity index is 1.12. The van der Waals surface area contributed by atoms with Crippen molar-refractivity contribution in [3.05, 3.63) is 111 Å². The van der Waals surface area contributed by atoms with Crippen LogP contribution in [0.1, 0.15) is 42.1 Å². The van der Waals surface area contributed by atoms with Crippen LogP contribution in [-0.2, 0) is 16.0 Å². The largest absolute Gasteiger partial charge is 0.506 e. The third-order valence-corrected chi connectivity index (χ3v) is 10.6. The number of piperidine rings is 1. The molecule has 13 heteroatoms. The summed E-state index contributed by atoms with van der Waals surface area (Å²) < 4.78 is 12.4. The Labute approximate surface area is 324 Å². The molecule has 1 aromatic heterocycles. The highest BCUT2D eigenvalue weighted by Gasteiger charge is 2.29. The minimum absolute atomic E-state index is 0.0498. The molecule has 288 valence electrons. The van der Waals surface area contributed by atoms with E-state index in [1.165, 1.54) is 19.2 Å². The summed E-state index contributed by atoms with van der Waals surface area (Å²) in [6, 6.07) is 23.1. The van der Waals surface area contributed by atoms with Gasteiger partial charge in [0.05, 0.1) is 68.0 Å². The Kier molecular flexibility index (Phi) is 12.0. The average molecular weight is 769 g/mol.